The van der Waals surface area contributed by atoms with Crippen LogP contribution in [0, 0.1) is 15.9 Å². The van der Waals surface area contributed by atoms with Gasteiger partial charge in [0.05, 0.1) is 22.7 Å². The van der Waals surface area contributed by atoms with E-state index in [4.69, 9.17) is 4.74 Å². The van der Waals surface area contributed by atoms with E-state index in [1.54, 1.807) is 14.0 Å². The van der Waals surface area contributed by atoms with Gasteiger partial charge in [-0.1, -0.05) is 0 Å². The minimum Gasteiger partial charge on any atom is -0.461 e. The molecular weight excluding hydrogens is 383 g/mol. The average Bonchev–Trinajstić information content (AvgIpc) is 2.95. The summed E-state index contributed by atoms with van der Waals surface area (Å²) in [7, 11) is 1.59. The van der Waals surface area contributed by atoms with Crippen molar-refractivity contribution in [1.29, 1.82) is 0 Å². The summed E-state index contributed by atoms with van der Waals surface area (Å²) in [6.45, 7) is 1.75. The SMILES string of the molecule is CCOC(=O)c1c(NC(=O)Nc2ccc(F)cc2)c2cc([N+](=O)[O-])ccc2n1C. The number of carbonyl (C=O) groups excluding carboxylic acids is 2. The third-order valence-electron chi connectivity index (χ3n) is 4.20. The van der Waals surface area contributed by atoms with Gasteiger partial charge in [-0.25, -0.2) is 14.0 Å². The Morgan fingerprint density at radius 2 is 1.86 bits per heavy atom. The third-order valence-corrected chi connectivity index (χ3v) is 4.20. The molecule has 0 fully saturated rings. The number of halogens is 1. The number of nitrogens with one attached hydrogen (secondary N) is 2. The Bertz CT molecular complexity index is 1110. The summed E-state index contributed by atoms with van der Waals surface area (Å²) in [6.07, 6.45) is 0. The van der Waals surface area contributed by atoms with Crippen LogP contribution in [0.5, 0.6) is 0 Å². The second-order valence-electron chi connectivity index (χ2n) is 6.05. The number of nitrogens with zero attached hydrogens (tertiary/aromatic N) is 2. The summed E-state index contributed by atoms with van der Waals surface area (Å²) in [5, 5.41) is 16.5. The Morgan fingerprint density at radius 3 is 2.48 bits per heavy atom. The van der Waals surface area contributed by atoms with Crippen LogP contribution < -0.4 is 10.6 Å². The number of carbonyl (C=O) groups is 2. The highest BCUT2D eigenvalue weighted by atomic mass is 19.1. The van der Waals surface area contributed by atoms with E-state index in [1.165, 1.54) is 47.0 Å². The Hall–Kier alpha value is -3.95. The quantitative estimate of drug-likeness (QED) is 0.381. The molecule has 0 aliphatic rings. The van der Waals surface area contributed by atoms with Gasteiger partial charge in [-0.15, -0.1) is 0 Å². The number of aryl methyl sites for hydroxylation is 1. The highest BCUT2D eigenvalue weighted by Gasteiger charge is 2.25. The van der Waals surface area contributed by atoms with Crippen LogP contribution in [0.4, 0.5) is 26.2 Å². The van der Waals surface area contributed by atoms with Gasteiger partial charge in [0.25, 0.3) is 5.69 Å². The highest BCUT2D eigenvalue weighted by molar-refractivity contribution is 6.13. The van der Waals surface area contributed by atoms with Crippen molar-refractivity contribution >= 4 is 40.0 Å². The summed E-state index contributed by atoms with van der Waals surface area (Å²) in [5.41, 5.74) is 0.741. The highest BCUT2D eigenvalue weighted by Crippen LogP contribution is 2.33. The first-order valence-corrected chi connectivity index (χ1v) is 8.59. The van der Waals surface area contributed by atoms with E-state index in [0.717, 1.165) is 0 Å². The molecule has 9 nitrogen and oxygen atoms in total. The van der Waals surface area contributed by atoms with E-state index in [0.29, 0.717) is 16.6 Å². The molecule has 0 spiro atoms. The number of ether oxygens (including phenoxy) is 1. The van der Waals surface area contributed by atoms with Gasteiger partial charge >= 0.3 is 12.0 Å². The lowest BCUT2D eigenvalue weighted by Gasteiger charge is -2.10. The molecule has 0 aliphatic heterocycles. The lowest BCUT2D eigenvalue weighted by atomic mass is 10.2. The number of urea groups is 1. The van der Waals surface area contributed by atoms with Crippen LogP contribution in [0.15, 0.2) is 42.5 Å². The molecule has 0 unspecified atom stereocenters. The van der Waals surface area contributed by atoms with Crippen LogP contribution in [0.1, 0.15) is 17.4 Å². The van der Waals surface area contributed by atoms with Crippen LogP contribution in [0.25, 0.3) is 10.9 Å². The molecular formula is C19H17FN4O5. The minimum absolute atomic E-state index is 0.0385. The standard InChI is InChI=1S/C19H17FN4O5/c1-3-29-18(25)17-16(22-19(26)21-12-6-4-11(20)5-7-12)14-10-13(24(27)28)8-9-15(14)23(17)2/h4-10H,3H2,1-2H3,(H2,21,22,26). The number of benzene rings is 2. The maximum atomic E-state index is 13.0. The van der Waals surface area contributed by atoms with E-state index in [2.05, 4.69) is 10.6 Å². The molecule has 3 aromatic rings. The van der Waals surface area contributed by atoms with Crippen molar-refractivity contribution in [2.45, 2.75) is 6.92 Å². The van der Waals surface area contributed by atoms with Crippen molar-refractivity contribution in [2.24, 2.45) is 7.05 Å². The van der Waals surface area contributed by atoms with Gasteiger partial charge < -0.3 is 19.9 Å². The maximum absolute atomic E-state index is 13.0. The summed E-state index contributed by atoms with van der Waals surface area (Å²) in [5.74, 6) is -1.15. The summed E-state index contributed by atoms with van der Waals surface area (Å²) in [6, 6.07) is 8.46. The number of hydrogen-bond acceptors (Lipinski definition) is 5. The molecule has 10 heteroatoms. The van der Waals surface area contributed by atoms with Gasteiger partial charge in [0.15, 0.2) is 5.69 Å². The Balaban J connectivity index is 2.04. The van der Waals surface area contributed by atoms with Crippen molar-refractivity contribution in [1.82, 2.24) is 4.57 Å². The summed E-state index contributed by atoms with van der Waals surface area (Å²) in [4.78, 5) is 35.5. The summed E-state index contributed by atoms with van der Waals surface area (Å²) >= 11 is 0. The number of nitro groups is 1. The minimum atomic E-state index is -0.707. The average molecular weight is 400 g/mol. The van der Waals surface area contributed by atoms with Crippen molar-refractivity contribution in [2.75, 3.05) is 17.2 Å². The third kappa shape index (κ3) is 4.00. The van der Waals surface area contributed by atoms with Crippen LogP contribution in [-0.2, 0) is 11.8 Å². The number of anilines is 2. The molecule has 150 valence electrons. The van der Waals surface area contributed by atoms with E-state index in [1.807, 2.05) is 0 Å². The molecule has 0 bridgehead atoms. The summed E-state index contributed by atoms with van der Waals surface area (Å²) < 4.78 is 19.6. The van der Waals surface area contributed by atoms with Crippen LogP contribution in [-0.4, -0.2) is 28.1 Å². The monoisotopic (exact) mass is 400 g/mol. The van der Waals surface area contributed by atoms with Crippen molar-refractivity contribution in [3.8, 4) is 0 Å². The molecule has 0 saturated carbocycles. The smallest absolute Gasteiger partial charge is 0.357 e. The molecule has 0 saturated heterocycles. The van der Waals surface area contributed by atoms with Gasteiger partial charge in [-0.05, 0) is 37.3 Å². The molecule has 1 aromatic heterocycles. The molecule has 2 amide bonds. The number of rotatable bonds is 5. The number of hydrogen-bond donors (Lipinski definition) is 2. The first kappa shape index (κ1) is 19.8. The normalized spacial score (nSPS) is 10.6. The molecule has 29 heavy (non-hydrogen) atoms. The van der Waals surface area contributed by atoms with E-state index in [9.17, 15) is 24.1 Å². The Kier molecular flexibility index (Phi) is 5.44. The zero-order chi connectivity index (χ0) is 21.1. The van der Waals surface area contributed by atoms with Gasteiger partial charge in [0, 0.05) is 30.3 Å². The van der Waals surface area contributed by atoms with Gasteiger partial charge in [-0.3, -0.25) is 10.1 Å². The zero-order valence-electron chi connectivity index (χ0n) is 15.6. The fourth-order valence-electron chi connectivity index (χ4n) is 2.92. The van der Waals surface area contributed by atoms with Gasteiger partial charge in [-0.2, -0.15) is 0 Å². The predicted octanol–water partition coefficient (Wildman–Crippen LogP) is 4.05. The van der Waals surface area contributed by atoms with Crippen molar-refractivity contribution < 1.29 is 23.6 Å². The Morgan fingerprint density at radius 1 is 1.17 bits per heavy atom. The number of esters is 1. The van der Waals surface area contributed by atoms with E-state index >= 15 is 0 Å². The van der Waals surface area contributed by atoms with Gasteiger partial charge in [0.1, 0.15) is 5.82 Å². The second-order valence-corrected chi connectivity index (χ2v) is 6.05. The number of amides is 2. The molecule has 0 aliphatic carbocycles. The number of non-ortho nitro benzene ring substituents is 1. The fraction of sp³-hybridized carbons (Fsp3) is 0.158. The largest absolute Gasteiger partial charge is 0.461 e. The second kappa shape index (κ2) is 7.97. The first-order valence-electron chi connectivity index (χ1n) is 8.59. The lowest BCUT2D eigenvalue weighted by Crippen LogP contribution is -2.21. The van der Waals surface area contributed by atoms with Crippen LogP contribution in [0.2, 0.25) is 0 Å². The number of nitro benzene ring substituents is 1. The molecule has 2 N–H and O–H groups in total. The molecule has 3 rings (SSSR count). The van der Waals surface area contributed by atoms with Gasteiger partial charge in [0.2, 0.25) is 0 Å². The number of aromatic nitrogens is 1. The van der Waals surface area contributed by atoms with Crippen molar-refractivity contribution in [3.63, 3.8) is 0 Å². The maximum Gasteiger partial charge on any atom is 0.357 e. The van der Waals surface area contributed by atoms with E-state index < -0.39 is 22.7 Å². The van der Waals surface area contributed by atoms with Crippen molar-refractivity contribution in [3.05, 3.63) is 64.1 Å². The molecule has 2 aromatic carbocycles. The molecule has 0 atom stereocenters. The number of fused-ring (bicyclic) bond motifs is 1. The lowest BCUT2D eigenvalue weighted by molar-refractivity contribution is -0.384. The van der Waals surface area contributed by atoms with Crippen LogP contribution >= 0.6 is 0 Å². The fourth-order valence-corrected chi connectivity index (χ4v) is 2.92. The predicted molar refractivity (Wildman–Crippen MR) is 105 cm³/mol. The van der Waals surface area contributed by atoms with Crippen LogP contribution in [0.3, 0.4) is 0 Å². The first-order chi connectivity index (χ1) is 13.8. The molecule has 1 heterocycles. The zero-order valence-corrected chi connectivity index (χ0v) is 15.6. The molecule has 0 radical (unpaired) electrons. The topological polar surface area (TPSA) is 116 Å². The Labute approximate surface area is 164 Å². The van der Waals surface area contributed by atoms with E-state index in [-0.39, 0.29) is 23.7 Å².